The number of hydrogen-bond donors (Lipinski definition) is 1. The first kappa shape index (κ1) is 11.9. The van der Waals surface area contributed by atoms with E-state index in [1.54, 1.807) is 7.11 Å². The Morgan fingerprint density at radius 3 is 2.74 bits per heavy atom. The minimum Gasteiger partial charge on any atom is -0.497 e. The molecule has 0 radical (unpaired) electrons. The van der Waals surface area contributed by atoms with E-state index < -0.39 is 0 Å². The van der Waals surface area contributed by atoms with Gasteiger partial charge in [0.25, 0.3) is 0 Å². The van der Waals surface area contributed by atoms with E-state index in [-0.39, 0.29) is 0 Å². The molecular weight excluding hydrogens is 236 g/mol. The summed E-state index contributed by atoms with van der Waals surface area (Å²) in [6, 6.07) is 14.4. The number of rotatable bonds is 2. The first-order chi connectivity index (χ1) is 9.28. The van der Waals surface area contributed by atoms with E-state index in [4.69, 9.17) is 10.5 Å². The Bertz CT molecular complexity index is 595. The highest BCUT2D eigenvalue weighted by atomic mass is 16.5. The van der Waals surface area contributed by atoms with Gasteiger partial charge in [-0.1, -0.05) is 18.2 Å². The smallest absolute Gasteiger partial charge is 0.119 e. The van der Waals surface area contributed by atoms with Gasteiger partial charge in [0.1, 0.15) is 5.75 Å². The largest absolute Gasteiger partial charge is 0.497 e. The van der Waals surface area contributed by atoms with Crippen LogP contribution in [0, 0.1) is 0 Å². The molecule has 1 aliphatic rings. The molecule has 0 saturated carbocycles. The van der Waals surface area contributed by atoms with Crippen molar-refractivity contribution >= 4 is 11.4 Å². The lowest BCUT2D eigenvalue weighted by atomic mass is 9.99. The summed E-state index contributed by atoms with van der Waals surface area (Å²) in [6.45, 7) is 1.90. The van der Waals surface area contributed by atoms with Crippen molar-refractivity contribution in [3.05, 3.63) is 53.6 Å². The molecule has 0 spiro atoms. The van der Waals surface area contributed by atoms with Gasteiger partial charge in [-0.2, -0.15) is 0 Å². The number of methoxy groups -OCH3 is 1. The molecule has 0 amide bonds. The molecule has 0 aliphatic carbocycles. The molecule has 2 aromatic rings. The van der Waals surface area contributed by atoms with E-state index in [2.05, 4.69) is 23.1 Å². The predicted molar refractivity (Wildman–Crippen MR) is 78.6 cm³/mol. The Kier molecular flexibility index (Phi) is 3.03. The van der Waals surface area contributed by atoms with Crippen molar-refractivity contribution in [3.8, 4) is 5.75 Å². The highest BCUT2D eigenvalue weighted by molar-refractivity contribution is 5.68. The summed E-state index contributed by atoms with van der Waals surface area (Å²) in [6.07, 6.45) is 1.03. The first-order valence-corrected chi connectivity index (χ1v) is 6.53. The number of nitrogens with two attached hydrogens (primary N) is 1. The summed E-state index contributed by atoms with van der Waals surface area (Å²) in [5.41, 5.74) is 10.8. The van der Waals surface area contributed by atoms with Gasteiger partial charge in [-0.15, -0.1) is 0 Å². The average molecular weight is 254 g/mol. The fraction of sp³-hybridized carbons (Fsp3) is 0.250. The van der Waals surface area contributed by atoms with Gasteiger partial charge in [0.05, 0.1) is 18.5 Å². The molecule has 0 fully saturated rings. The normalized spacial score (nSPS) is 14.1. The highest BCUT2D eigenvalue weighted by Gasteiger charge is 2.18. The molecule has 3 nitrogen and oxygen atoms in total. The maximum absolute atomic E-state index is 6.06. The molecule has 3 heteroatoms. The third kappa shape index (κ3) is 2.24. The van der Waals surface area contributed by atoms with Crippen molar-refractivity contribution in [1.82, 2.24) is 0 Å². The SMILES string of the molecule is COc1ccc2c(c1)CCN(c1ccccc1N)C2. The second-order valence-electron chi connectivity index (χ2n) is 4.87. The van der Waals surface area contributed by atoms with E-state index in [0.29, 0.717) is 0 Å². The summed E-state index contributed by atoms with van der Waals surface area (Å²) >= 11 is 0. The van der Waals surface area contributed by atoms with Gasteiger partial charge in [-0.25, -0.2) is 0 Å². The van der Waals surface area contributed by atoms with Gasteiger partial charge in [-0.3, -0.25) is 0 Å². The standard InChI is InChI=1S/C16H18N2O/c1-19-14-7-6-13-11-18(9-8-12(13)10-14)16-5-3-2-4-15(16)17/h2-7,10H,8-9,11,17H2,1H3. The van der Waals surface area contributed by atoms with Crippen LogP contribution >= 0.6 is 0 Å². The van der Waals surface area contributed by atoms with Crippen LogP contribution in [-0.2, 0) is 13.0 Å². The van der Waals surface area contributed by atoms with Crippen LogP contribution in [0.5, 0.6) is 5.75 Å². The van der Waals surface area contributed by atoms with Crippen LogP contribution in [0.1, 0.15) is 11.1 Å². The molecule has 0 saturated heterocycles. The van der Waals surface area contributed by atoms with Gasteiger partial charge in [0, 0.05) is 13.1 Å². The van der Waals surface area contributed by atoms with Gasteiger partial charge in [-0.05, 0) is 41.8 Å². The van der Waals surface area contributed by atoms with Crippen molar-refractivity contribution in [2.75, 3.05) is 24.3 Å². The summed E-state index contributed by atoms with van der Waals surface area (Å²) < 4.78 is 5.28. The van der Waals surface area contributed by atoms with Crippen LogP contribution in [0.4, 0.5) is 11.4 Å². The molecule has 1 heterocycles. The van der Waals surface area contributed by atoms with E-state index in [0.717, 1.165) is 36.6 Å². The van der Waals surface area contributed by atoms with E-state index >= 15 is 0 Å². The second-order valence-corrected chi connectivity index (χ2v) is 4.87. The van der Waals surface area contributed by atoms with Gasteiger partial charge >= 0.3 is 0 Å². The number of ether oxygens (including phenoxy) is 1. The van der Waals surface area contributed by atoms with E-state index in [1.165, 1.54) is 11.1 Å². The molecule has 0 unspecified atom stereocenters. The third-order valence-corrected chi connectivity index (χ3v) is 3.70. The predicted octanol–water partition coefficient (Wildman–Crippen LogP) is 2.84. The van der Waals surface area contributed by atoms with Crippen LogP contribution in [0.3, 0.4) is 0 Å². The number of fused-ring (bicyclic) bond motifs is 1. The van der Waals surface area contributed by atoms with Crippen LogP contribution in [0.2, 0.25) is 0 Å². The van der Waals surface area contributed by atoms with Crippen LogP contribution in [0.25, 0.3) is 0 Å². The molecule has 19 heavy (non-hydrogen) atoms. The highest BCUT2D eigenvalue weighted by Crippen LogP contribution is 2.30. The average Bonchev–Trinajstić information content (AvgIpc) is 2.46. The molecule has 0 atom stereocenters. The lowest BCUT2D eigenvalue weighted by Gasteiger charge is -2.31. The molecular formula is C16H18N2O. The lowest BCUT2D eigenvalue weighted by molar-refractivity contribution is 0.414. The fourth-order valence-corrected chi connectivity index (χ4v) is 2.64. The number of hydrogen-bond acceptors (Lipinski definition) is 3. The van der Waals surface area contributed by atoms with E-state index in [9.17, 15) is 0 Å². The first-order valence-electron chi connectivity index (χ1n) is 6.53. The van der Waals surface area contributed by atoms with Gasteiger partial charge in [0.15, 0.2) is 0 Å². The second kappa shape index (κ2) is 4.84. The molecule has 3 rings (SSSR count). The van der Waals surface area contributed by atoms with Crippen LogP contribution in [-0.4, -0.2) is 13.7 Å². The maximum Gasteiger partial charge on any atom is 0.119 e. The monoisotopic (exact) mass is 254 g/mol. The van der Waals surface area contributed by atoms with Crippen molar-refractivity contribution in [1.29, 1.82) is 0 Å². The molecule has 0 bridgehead atoms. The lowest BCUT2D eigenvalue weighted by Crippen LogP contribution is -2.30. The Labute approximate surface area is 113 Å². The third-order valence-electron chi connectivity index (χ3n) is 3.70. The molecule has 1 aliphatic heterocycles. The van der Waals surface area contributed by atoms with Crippen molar-refractivity contribution in [3.63, 3.8) is 0 Å². The number of anilines is 2. The maximum atomic E-state index is 6.06. The van der Waals surface area contributed by atoms with Crippen molar-refractivity contribution in [2.24, 2.45) is 0 Å². The summed E-state index contributed by atoms with van der Waals surface area (Å²) in [5, 5.41) is 0. The molecule has 2 N–H and O–H groups in total. The molecule has 2 aromatic carbocycles. The van der Waals surface area contributed by atoms with Crippen molar-refractivity contribution in [2.45, 2.75) is 13.0 Å². The Balaban J connectivity index is 1.88. The Morgan fingerprint density at radius 1 is 1.11 bits per heavy atom. The van der Waals surface area contributed by atoms with Crippen LogP contribution < -0.4 is 15.4 Å². The number of benzene rings is 2. The summed E-state index contributed by atoms with van der Waals surface area (Å²) in [4.78, 5) is 2.34. The van der Waals surface area contributed by atoms with E-state index in [1.807, 2.05) is 24.3 Å². The number of nitrogen functional groups attached to an aromatic ring is 1. The number of nitrogens with zero attached hydrogens (tertiary/aromatic N) is 1. The topological polar surface area (TPSA) is 38.5 Å². The minimum absolute atomic E-state index is 0.847. The summed E-state index contributed by atoms with van der Waals surface area (Å²) in [5.74, 6) is 0.937. The summed E-state index contributed by atoms with van der Waals surface area (Å²) in [7, 11) is 1.71. The number of para-hydroxylation sites is 2. The Morgan fingerprint density at radius 2 is 1.95 bits per heavy atom. The molecule has 0 aromatic heterocycles. The molecule has 98 valence electrons. The quantitative estimate of drug-likeness (QED) is 0.837. The fourth-order valence-electron chi connectivity index (χ4n) is 2.64. The van der Waals surface area contributed by atoms with Crippen LogP contribution in [0.15, 0.2) is 42.5 Å². The Hall–Kier alpha value is -2.16. The zero-order valence-corrected chi connectivity index (χ0v) is 11.1. The van der Waals surface area contributed by atoms with Gasteiger partial charge < -0.3 is 15.4 Å². The zero-order chi connectivity index (χ0) is 13.2. The zero-order valence-electron chi connectivity index (χ0n) is 11.1. The minimum atomic E-state index is 0.847. The van der Waals surface area contributed by atoms with Gasteiger partial charge in [0.2, 0.25) is 0 Å². The van der Waals surface area contributed by atoms with Crippen molar-refractivity contribution < 1.29 is 4.74 Å².